The van der Waals surface area contributed by atoms with Gasteiger partial charge in [-0.3, -0.25) is 4.98 Å². The van der Waals surface area contributed by atoms with Crippen molar-refractivity contribution in [3.8, 4) is 17.0 Å². The van der Waals surface area contributed by atoms with E-state index in [1.807, 2.05) is 23.6 Å². The quantitative estimate of drug-likeness (QED) is 0.731. The Morgan fingerprint density at radius 1 is 1.21 bits per heavy atom. The predicted octanol–water partition coefficient (Wildman–Crippen LogP) is 2.12. The highest BCUT2D eigenvalue weighted by Gasteiger charge is 2.31. The molecule has 0 amide bonds. The lowest BCUT2D eigenvalue weighted by Crippen LogP contribution is -2.43. The van der Waals surface area contributed by atoms with Crippen LogP contribution in [0.1, 0.15) is 18.5 Å². The molecule has 3 aromatic rings. The maximum Gasteiger partial charge on any atom is 0.199 e. The lowest BCUT2D eigenvalue weighted by Gasteiger charge is -2.37. The summed E-state index contributed by atoms with van der Waals surface area (Å²) >= 11 is 0. The molecule has 8 heteroatoms. The van der Waals surface area contributed by atoms with E-state index in [9.17, 15) is 0 Å². The number of aromatic nitrogens is 4. The molecule has 0 atom stereocenters. The lowest BCUT2D eigenvalue weighted by molar-refractivity contribution is 0.312. The molecule has 8 nitrogen and oxygen atoms in total. The molecule has 2 aliphatic heterocycles. The van der Waals surface area contributed by atoms with E-state index in [4.69, 9.17) is 14.8 Å². The van der Waals surface area contributed by atoms with Gasteiger partial charge in [0.1, 0.15) is 12.3 Å². The molecule has 1 fully saturated rings. The minimum Gasteiger partial charge on any atom is -0.486 e. The van der Waals surface area contributed by atoms with Crippen LogP contribution >= 0.6 is 0 Å². The van der Waals surface area contributed by atoms with E-state index in [0.29, 0.717) is 12.6 Å². The molecule has 0 bridgehead atoms. The van der Waals surface area contributed by atoms with Crippen LogP contribution in [0.4, 0.5) is 11.5 Å². The van der Waals surface area contributed by atoms with E-state index in [0.717, 1.165) is 72.3 Å². The van der Waals surface area contributed by atoms with Crippen molar-refractivity contribution in [1.82, 2.24) is 24.9 Å². The van der Waals surface area contributed by atoms with Crippen LogP contribution in [0.3, 0.4) is 0 Å². The number of nitrogens with zero attached hydrogens (tertiary/aromatic N) is 6. The first-order valence-corrected chi connectivity index (χ1v) is 10.3. The number of pyridine rings is 1. The smallest absolute Gasteiger partial charge is 0.199 e. The van der Waals surface area contributed by atoms with Gasteiger partial charge in [-0.25, -0.2) is 9.50 Å². The summed E-state index contributed by atoms with van der Waals surface area (Å²) in [5, 5.41) is 8.58. The van der Waals surface area contributed by atoms with Crippen molar-refractivity contribution in [1.29, 1.82) is 0 Å². The van der Waals surface area contributed by atoms with E-state index in [1.54, 1.807) is 12.4 Å². The summed E-state index contributed by atoms with van der Waals surface area (Å²) in [5.74, 6) is 1.78. The van der Waals surface area contributed by atoms with Gasteiger partial charge in [0.25, 0.3) is 0 Å². The Kier molecular flexibility index (Phi) is 4.50. The molecular weight excluding hydrogens is 366 g/mol. The van der Waals surface area contributed by atoms with Crippen LogP contribution < -0.4 is 19.9 Å². The Morgan fingerprint density at radius 3 is 2.72 bits per heavy atom. The topological polar surface area (TPSA) is 70.8 Å². The molecule has 5 heterocycles. The summed E-state index contributed by atoms with van der Waals surface area (Å²) < 4.78 is 8.13. The van der Waals surface area contributed by atoms with Crippen molar-refractivity contribution in [2.24, 2.45) is 0 Å². The molecule has 5 rings (SSSR count). The fourth-order valence-corrected chi connectivity index (χ4v) is 4.43. The second-order valence-electron chi connectivity index (χ2n) is 7.88. The van der Waals surface area contributed by atoms with Gasteiger partial charge in [0.05, 0.1) is 17.9 Å². The van der Waals surface area contributed by atoms with Crippen LogP contribution in [-0.2, 0) is 0 Å². The summed E-state index contributed by atoms with van der Waals surface area (Å²) in [4.78, 5) is 13.6. The number of piperidine rings is 1. The van der Waals surface area contributed by atoms with Gasteiger partial charge in [0.2, 0.25) is 0 Å². The molecular formula is C21H27N7O. The first-order valence-electron chi connectivity index (χ1n) is 10.3. The Morgan fingerprint density at radius 2 is 1.97 bits per heavy atom. The maximum absolute atomic E-state index is 6.17. The predicted molar refractivity (Wildman–Crippen MR) is 114 cm³/mol. The molecule has 0 unspecified atom stereocenters. The van der Waals surface area contributed by atoms with Crippen LogP contribution in [0.5, 0.6) is 5.75 Å². The van der Waals surface area contributed by atoms with Crippen molar-refractivity contribution >= 4 is 17.2 Å². The van der Waals surface area contributed by atoms with Crippen LogP contribution in [0.2, 0.25) is 0 Å². The number of rotatable bonds is 3. The zero-order valence-corrected chi connectivity index (χ0v) is 17.2. The third-order valence-electron chi connectivity index (χ3n) is 6.05. The van der Waals surface area contributed by atoms with Crippen molar-refractivity contribution < 1.29 is 4.74 Å². The van der Waals surface area contributed by atoms with Crippen molar-refractivity contribution in [3.63, 3.8) is 0 Å². The number of hydrogen-bond acceptors (Lipinski definition) is 7. The van der Waals surface area contributed by atoms with Gasteiger partial charge in [0.15, 0.2) is 17.2 Å². The van der Waals surface area contributed by atoms with Crippen LogP contribution in [0.25, 0.3) is 16.9 Å². The summed E-state index contributed by atoms with van der Waals surface area (Å²) in [7, 11) is 4.27. The lowest BCUT2D eigenvalue weighted by atomic mass is 10.1. The van der Waals surface area contributed by atoms with Crippen molar-refractivity contribution in [3.05, 3.63) is 30.2 Å². The molecule has 0 spiro atoms. The number of ether oxygens (including phenoxy) is 1. The summed E-state index contributed by atoms with van der Waals surface area (Å²) in [5.41, 5.74) is 4.79. The van der Waals surface area contributed by atoms with E-state index >= 15 is 0 Å². The van der Waals surface area contributed by atoms with Gasteiger partial charge >= 0.3 is 0 Å². The number of hydrogen-bond donors (Lipinski definition) is 1. The zero-order valence-electron chi connectivity index (χ0n) is 17.2. The van der Waals surface area contributed by atoms with Crippen LogP contribution in [0.15, 0.2) is 24.5 Å². The molecule has 0 radical (unpaired) electrons. The first kappa shape index (κ1) is 18.2. The SMILES string of the molecule is Cc1nc2c3c(c(N(C)C4CCNCC4)nn2c1-c1ccncc1)N(C)CCO3. The summed E-state index contributed by atoms with van der Waals surface area (Å²) in [6.07, 6.45) is 5.82. The van der Waals surface area contributed by atoms with Gasteiger partial charge in [-0.2, -0.15) is 0 Å². The van der Waals surface area contributed by atoms with Gasteiger partial charge in [-0.1, -0.05) is 0 Å². The second-order valence-corrected chi connectivity index (χ2v) is 7.88. The Labute approximate surface area is 170 Å². The van der Waals surface area contributed by atoms with Gasteiger partial charge < -0.3 is 19.9 Å². The molecule has 0 saturated carbocycles. The molecule has 1 N–H and O–H groups in total. The summed E-state index contributed by atoms with van der Waals surface area (Å²) in [6, 6.07) is 4.45. The number of aryl methyl sites for hydroxylation is 1. The Hall–Kier alpha value is -2.87. The minimum absolute atomic E-state index is 0.453. The Balaban J connectivity index is 1.74. The fourth-order valence-electron chi connectivity index (χ4n) is 4.43. The van der Waals surface area contributed by atoms with Crippen LogP contribution in [0, 0.1) is 6.92 Å². The highest BCUT2D eigenvalue weighted by atomic mass is 16.5. The second kappa shape index (κ2) is 7.18. The Bertz CT molecular complexity index is 1030. The molecule has 0 aromatic carbocycles. The van der Waals surface area contributed by atoms with Crippen molar-refractivity contribution in [2.45, 2.75) is 25.8 Å². The van der Waals surface area contributed by atoms with Crippen molar-refractivity contribution in [2.75, 3.05) is 50.1 Å². The molecule has 152 valence electrons. The van der Waals surface area contributed by atoms with E-state index in [-0.39, 0.29) is 0 Å². The number of nitrogens with one attached hydrogen (secondary N) is 1. The molecule has 0 aliphatic carbocycles. The van der Waals surface area contributed by atoms with Gasteiger partial charge in [0, 0.05) is 38.1 Å². The normalized spacial score (nSPS) is 17.3. The molecule has 3 aromatic heterocycles. The largest absolute Gasteiger partial charge is 0.486 e. The molecule has 2 aliphatic rings. The average Bonchev–Trinajstić information content (AvgIpc) is 3.10. The highest BCUT2D eigenvalue weighted by molar-refractivity contribution is 5.84. The van der Waals surface area contributed by atoms with Gasteiger partial charge in [-0.15, -0.1) is 5.10 Å². The average molecular weight is 393 g/mol. The number of fused-ring (bicyclic) bond motifs is 3. The molecule has 29 heavy (non-hydrogen) atoms. The minimum atomic E-state index is 0.453. The highest BCUT2D eigenvalue weighted by Crippen LogP contribution is 2.43. The molecule has 1 saturated heterocycles. The van der Waals surface area contributed by atoms with E-state index in [1.165, 1.54) is 0 Å². The van der Waals surface area contributed by atoms with E-state index < -0.39 is 0 Å². The third kappa shape index (κ3) is 2.98. The van der Waals surface area contributed by atoms with Gasteiger partial charge in [-0.05, 0) is 45.0 Å². The zero-order chi connectivity index (χ0) is 20.0. The summed E-state index contributed by atoms with van der Waals surface area (Å²) in [6.45, 7) is 5.60. The standard InChI is InChI=1S/C21H27N7O/c1-14-17(15-4-8-22-9-5-15)28-21(24-14)19-18(26(2)12-13-29-19)20(25-28)27(3)16-6-10-23-11-7-16/h4-5,8-9,16,23H,6-7,10-13H2,1-3H3. The third-order valence-corrected chi connectivity index (χ3v) is 6.05. The maximum atomic E-state index is 6.17. The number of likely N-dealkylation sites (N-methyl/N-ethyl adjacent to an activating group) is 1. The number of anilines is 2. The first-order chi connectivity index (χ1) is 14.1. The van der Waals surface area contributed by atoms with Crippen LogP contribution in [-0.4, -0.2) is 66.0 Å². The fraction of sp³-hybridized carbons (Fsp3) is 0.476. The monoisotopic (exact) mass is 393 g/mol. The van der Waals surface area contributed by atoms with E-state index in [2.05, 4.69) is 34.2 Å². The number of imidazole rings is 1.